The minimum Gasteiger partial charge on any atom is -0.277 e. The van der Waals surface area contributed by atoms with Gasteiger partial charge in [0.2, 0.25) is 6.41 Å². The summed E-state index contributed by atoms with van der Waals surface area (Å²) >= 11 is 0. The molecule has 0 bridgehead atoms. The van der Waals surface area contributed by atoms with Crippen LogP contribution < -0.4 is 0 Å². The van der Waals surface area contributed by atoms with Crippen LogP contribution in [-0.4, -0.2) is 27.1 Å². The van der Waals surface area contributed by atoms with Crippen LogP contribution in [0.15, 0.2) is 78.2 Å². The summed E-state index contributed by atoms with van der Waals surface area (Å²) in [6.45, 7) is 0. The molecule has 0 radical (unpaired) electrons. The molecule has 1 aliphatic rings. The Morgan fingerprint density at radius 2 is 1.70 bits per heavy atom. The van der Waals surface area contributed by atoms with Crippen LogP contribution in [0.1, 0.15) is 23.6 Å². The fourth-order valence-corrected chi connectivity index (χ4v) is 3.63. The van der Waals surface area contributed by atoms with Crippen LogP contribution in [0, 0.1) is 0 Å². The highest BCUT2D eigenvalue weighted by atomic mass is 16.1. The molecule has 2 heterocycles. The number of hydrazone groups is 1. The van der Waals surface area contributed by atoms with Gasteiger partial charge in [0.15, 0.2) is 0 Å². The van der Waals surface area contributed by atoms with Gasteiger partial charge in [0.05, 0.1) is 22.8 Å². The van der Waals surface area contributed by atoms with Crippen molar-refractivity contribution in [3.05, 3.63) is 84.2 Å². The number of amides is 1. The molecular weight excluding hydrogens is 336 g/mol. The molecule has 4 aromatic rings. The van der Waals surface area contributed by atoms with Gasteiger partial charge >= 0.3 is 0 Å². The van der Waals surface area contributed by atoms with Gasteiger partial charge in [0, 0.05) is 18.8 Å². The molecule has 5 nitrogen and oxygen atoms in total. The van der Waals surface area contributed by atoms with Crippen LogP contribution in [0.3, 0.4) is 0 Å². The Kier molecular flexibility index (Phi) is 3.64. The smallest absolute Gasteiger partial charge is 0.230 e. The molecule has 1 amide bonds. The molecular formula is C22H16N4O. The first-order valence-electron chi connectivity index (χ1n) is 8.83. The van der Waals surface area contributed by atoms with E-state index in [4.69, 9.17) is 0 Å². The van der Waals surface area contributed by atoms with E-state index in [-0.39, 0.29) is 6.04 Å². The summed E-state index contributed by atoms with van der Waals surface area (Å²) in [5.41, 5.74) is 4.63. The number of hydrogen-bond donors (Lipinski definition) is 0. The van der Waals surface area contributed by atoms with Gasteiger partial charge in [-0.3, -0.25) is 14.8 Å². The molecule has 1 aliphatic heterocycles. The molecule has 0 spiro atoms. The fraction of sp³-hybridized carbons (Fsp3) is 0.0909. The lowest BCUT2D eigenvalue weighted by molar-refractivity contribution is -0.119. The molecule has 0 saturated heterocycles. The predicted octanol–water partition coefficient (Wildman–Crippen LogP) is 4.09. The highest BCUT2D eigenvalue weighted by Gasteiger charge is 2.29. The Morgan fingerprint density at radius 1 is 0.889 bits per heavy atom. The predicted molar refractivity (Wildman–Crippen MR) is 105 cm³/mol. The summed E-state index contributed by atoms with van der Waals surface area (Å²) in [4.78, 5) is 20.3. The molecule has 3 aromatic carbocycles. The first-order valence-corrected chi connectivity index (χ1v) is 8.83. The van der Waals surface area contributed by atoms with Crippen molar-refractivity contribution in [1.82, 2.24) is 15.0 Å². The van der Waals surface area contributed by atoms with Crippen molar-refractivity contribution >= 4 is 33.9 Å². The van der Waals surface area contributed by atoms with Crippen molar-refractivity contribution in [2.24, 2.45) is 5.10 Å². The lowest BCUT2D eigenvalue weighted by Gasteiger charge is -2.17. The lowest BCUT2D eigenvalue weighted by Crippen LogP contribution is -2.17. The number of nitrogens with zero attached hydrogens (tertiary/aromatic N) is 4. The van der Waals surface area contributed by atoms with Gasteiger partial charge < -0.3 is 0 Å². The van der Waals surface area contributed by atoms with Crippen molar-refractivity contribution in [3.63, 3.8) is 0 Å². The van der Waals surface area contributed by atoms with Gasteiger partial charge in [-0.1, -0.05) is 42.5 Å². The van der Waals surface area contributed by atoms with Gasteiger partial charge in [-0.25, -0.2) is 5.01 Å². The maximum Gasteiger partial charge on any atom is 0.230 e. The normalized spacial score (nSPS) is 16.7. The van der Waals surface area contributed by atoms with Crippen molar-refractivity contribution in [1.29, 1.82) is 0 Å². The van der Waals surface area contributed by atoms with Crippen LogP contribution in [0.2, 0.25) is 0 Å². The number of hydrogen-bond acceptors (Lipinski definition) is 4. The molecule has 1 aromatic heterocycles. The van der Waals surface area contributed by atoms with E-state index in [0.29, 0.717) is 6.42 Å². The molecule has 1 atom stereocenters. The minimum atomic E-state index is -0.129. The van der Waals surface area contributed by atoms with Crippen molar-refractivity contribution in [3.8, 4) is 0 Å². The minimum absolute atomic E-state index is 0.129. The number of fused-ring (bicyclic) bond motifs is 2. The zero-order chi connectivity index (χ0) is 18.2. The first kappa shape index (κ1) is 15.6. The van der Waals surface area contributed by atoms with Crippen LogP contribution >= 0.6 is 0 Å². The monoisotopic (exact) mass is 352 g/mol. The summed E-state index contributed by atoms with van der Waals surface area (Å²) in [5, 5.41) is 8.43. The van der Waals surface area contributed by atoms with Crippen LogP contribution in [0.25, 0.3) is 21.8 Å². The van der Waals surface area contributed by atoms with Gasteiger partial charge in [0.25, 0.3) is 0 Å². The largest absolute Gasteiger partial charge is 0.277 e. The Labute approximate surface area is 156 Å². The number of rotatable bonds is 3. The van der Waals surface area contributed by atoms with Crippen LogP contribution in [0.5, 0.6) is 0 Å². The zero-order valence-corrected chi connectivity index (χ0v) is 14.5. The second kappa shape index (κ2) is 6.29. The van der Waals surface area contributed by atoms with Crippen LogP contribution in [0.4, 0.5) is 0 Å². The highest BCUT2D eigenvalue weighted by Crippen LogP contribution is 2.33. The van der Waals surface area contributed by atoms with E-state index in [9.17, 15) is 4.79 Å². The fourth-order valence-electron chi connectivity index (χ4n) is 3.63. The topological polar surface area (TPSA) is 58.5 Å². The SMILES string of the molecule is O=CN1N=C(c2ccc3ccccc3c2)CC1c1ccc2nccnc2c1. The van der Waals surface area contributed by atoms with E-state index in [1.807, 2.05) is 30.3 Å². The Hall–Kier alpha value is -3.60. The third kappa shape index (κ3) is 2.73. The van der Waals surface area contributed by atoms with E-state index < -0.39 is 0 Å². The molecule has 5 rings (SSSR count). The third-order valence-corrected chi connectivity index (χ3v) is 5.01. The Balaban J connectivity index is 1.51. The van der Waals surface area contributed by atoms with E-state index in [1.54, 1.807) is 12.4 Å². The van der Waals surface area contributed by atoms with E-state index in [0.717, 1.165) is 34.3 Å². The van der Waals surface area contributed by atoms with Gasteiger partial charge in [-0.15, -0.1) is 0 Å². The molecule has 5 heteroatoms. The molecule has 0 N–H and O–H groups in total. The maximum atomic E-state index is 11.6. The number of benzene rings is 3. The maximum absolute atomic E-state index is 11.6. The van der Waals surface area contributed by atoms with Gasteiger partial charge in [0.1, 0.15) is 0 Å². The van der Waals surface area contributed by atoms with Gasteiger partial charge in [-0.05, 0) is 40.1 Å². The van der Waals surface area contributed by atoms with Crippen molar-refractivity contribution < 1.29 is 4.79 Å². The second-order valence-electron chi connectivity index (χ2n) is 6.62. The third-order valence-electron chi connectivity index (χ3n) is 5.01. The standard InChI is InChI=1S/C22H16N4O/c27-14-26-22(18-7-8-19-21(12-18)24-10-9-23-19)13-20(25-26)17-6-5-15-3-1-2-4-16(15)11-17/h1-12,14,22H,13H2. The number of carbonyl (C=O) groups excluding carboxylic acids is 1. The second-order valence-corrected chi connectivity index (χ2v) is 6.62. The average Bonchev–Trinajstić information content (AvgIpc) is 3.17. The zero-order valence-electron chi connectivity index (χ0n) is 14.5. The first-order chi connectivity index (χ1) is 13.3. The Morgan fingerprint density at radius 3 is 2.56 bits per heavy atom. The molecule has 0 fully saturated rings. The van der Waals surface area contributed by atoms with E-state index >= 15 is 0 Å². The molecule has 0 saturated carbocycles. The summed E-state index contributed by atoms with van der Waals surface area (Å²) in [5.74, 6) is 0. The van der Waals surface area contributed by atoms with E-state index in [1.165, 1.54) is 15.8 Å². The lowest BCUT2D eigenvalue weighted by atomic mass is 9.97. The quantitative estimate of drug-likeness (QED) is 0.522. The molecule has 27 heavy (non-hydrogen) atoms. The number of aromatic nitrogens is 2. The number of carbonyl (C=O) groups is 1. The van der Waals surface area contributed by atoms with Gasteiger partial charge in [-0.2, -0.15) is 5.10 Å². The molecule has 1 unspecified atom stereocenters. The molecule has 0 aliphatic carbocycles. The summed E-state index contributed by atoms with van der Waals surface area (Å²) in [6.07, 6.45) is 4.81. The Bertz CT molecular complexity index is 1200. The summed E-state index contributed by atoms with van der Waals surface area (Å²) < 4.78 is 0. The summed E-state index contributed by atoms with van der Waals surface area (Å²) in [6, 6.07) is 20.3. The van der Waals surface area contributed by atoms with E-state index in [2.05, 4.69) is 45.4 Å². The summed E-state index contributed by atoms with van der Waals surface area (Å²) in [7, 11) is 0. The van der Waals surface area contributed by atoms with Crippen molar-refractivity contribution in [2.45, 2.75) is 12.5 Å². The van der Waals surface area contributed by atoms with Crippen LogP contribution in [-0.2, 0) is 4.79 Å². The van der Waals surface area contributed by atoms with Crippen molar-refractivity contribution in [2.75, 3.05) is 0 Å². The average molecular weight is 352 g/mol. The highest BCUT2D eigenvalue weighted by molar-refractivity contribution is 6.05. The molecule has 130 valence electrons.